The fourth-order valence-corrected chi connectivity index (χ4v) is 4.00. The molecule has 2 heterocycles. The summed E-state index contributed by atoms with van der Waals surface area (Å²) in [5.41, 5.74) is 0.770. The first-order chi connectivity index (χ1) is 13.5. The summed E-state index contributed by atoms with van der Waals surface area (Å²) in [7, 11) is 0. The van der Waals surface area contributed by atoms with Gasteiger partial charge in [-0.1, -0.05) is 47.8 Å². The molecule has 0 radical (unpaired) electrons. The number of hydrogen-bond donors (Lipinski definition) is 0. The van der Waals surface area contributed by atoms with Crippen molar-refractivity contribution < 1.29 is 13.2 Å². The first-order valence-electron chi connectivity index (χ1n) is 8.16. The third kappa shape index (κ3) is 3.72. The number of benzene rings is 2. The van der Waals surface area contributed by atoms with Crippen molar-refractivity contribution in [3.63, 3.8) is 0 Å². The van der Waals surface area contributed by atoms with Gasteiger partial charge in [-0.3, -0.25) is 0 Å². The number of fused-ring (bicyclic) bond motifs is 1. The fraction of sp³-hybridized carbons (Fsp3) is 0.105. The predicted molar refractivity (Wildman–Crippen MR) is 104 cm³/mol. The molecule has 2 aromatic heterocycles. The molecule has 0 aliphatic carbocycles. The van der Waals surface area contributed by atoms with E-state index in [-0.39, 0.29) is 0 Å². The van der Waals surface area contributed by atoms with Crippen molar-refractivity contribution >= 4 is 34.6 Å². The normalized spacial score (nSPS) is 11.9. The van der Waals surface area contributed by atoms with Gasteiger partial charge in [-0.25, -0.2) is 14.6 Å². The van der Waals surface area contributed by atoms with Gasteiger partial charge >= 0.3 is 6.18 Å². The SMILES string of the molecule is CSc1nc(Sc2cccc(C(F)(F)F)c2)c2cnn(-c3ccccc3)c2n1. The molecular weight excluding hydrogens is 405 g/mol. The van der Waals surface area contributed by atoms with Gasteiger partial charge in [-0.15, -0.1) is 0 Å². The van der Waals surface area contributed by atoms with Crippen molar-refractivity contribution in [3.8, 4) is 5.69 Å². The lowest BCUT2D eigenvalue weighted by molar-refractivity contribution is -0.137. The molecule has 0 N–H and O–H groups in total. The molecule has 0 saturated carbocycles. The van der Waals surface area contributed by atoms with Crippen molar-refractivity contribution in [2.45, 2.75) is 21.3 Å². The van der Waals surface area contributed by atoms with E-state index in [2.05, 4.69) is 15.1 Å². The third-order valence-corrected chi connectivity index (χ3v) is 5.47. The number of thioether (sulfide) groups is 1. The van der Waals surface area contributed by atoms with Crippen molar-refractivity contribution in [1.29, 1.82) is 0 Å². The Morgan fingerprint density at radius 3 is 2.46 bits per heavy atom. The van der Waals surface area contributed by atoms with Crippen LogP contribution in [0, 0.1) is 0 Å². The van der Waals surface area contributed by atoms with Gasteiger partial charge in [0.25, 0.3) is 0 Å². The third-order valence-electron chi connectivity index (χ3n) is 3.93. The van der Waals surface area contributed by atoms with Gasteiger partial charge in [0.05, 0.1) is 22.8 Å². The molecule has 0 atom stereocenters. The summed E-state index contributed by atoms with van der Waals surface area (Å²) in [6.45, 7) is 0. The van der Waals surface area contributed by atoms with Crippen LogP contribution >= 0.6 is 23.5 Å². The molecule has 0 amide bonds. The van der Waals surface area contributed by atoms with Crippen LogP contribution in [0.5, 0.6) is 0 Å². The maximum absolute atomic E-state index is 13.0. The van der Waals surface area contributed by atoms with Crippen molar-refractivity contribution in [1.82, 2.24) is 19.7 Å². The van der Waals surface area contributed by atoms with E-state index in [0.29, 0.717) is 26.1 Å². The van der Waals surface area contributed by atoms with Gasteiger partial charge in [-0.2, -0.15) is 18.3 Å². The van der Waals surface area contributed by atoms with Crippen LogP contribution in [-0.4, -0.2) is 26.0 Å². The molecule has 0 bridgehead atoms. The summed E-state index contributed by atoms with van der Waals surface area (Å²) >= 11 is 2.53. The van der Waals surface area contributed by atoms with Crippen molar-refractivity contribution in [2.75, 3.05) is 6.26 Å². The number of aromatic nitrogens is 4. The molecule has 0 aliphatic heterocycles. The van der Waals surface area contributed by atoms with Crippen molar-refractivity contribution in [2.24, 2.45) is 0 Å². The standard InChI is InChI=1S/C19H13F3N4S2/c1-27-18-24-16-15(11-23-26(16)13-7-3-2-4-8-13)17(25-18)28-14-9-5-6-12(10-14)19(20,21)22/h2-11H,1H3. The van der Waals surface area contributed by atoms with E-state index in [1.54, 1.807) is 16.9 Å². The zero-order valence-electron chi connectivity index (χ0n) is 14.5. The zero-order valence-corrected chi connectivity index (χ0v) is 16.1. The van der Waals surface area contributed by atoms with E-state index in [9.17, 15) is 13.2 Å². The summed E-state index contributed by atoms with van der Waals surface area (Å²) < 4.78 is 40.8. The molecule has 4 rings (SSSR count). The summed E-state index contributed by atoms with van der Waals surface area (Å²) in [5, 5.41) is 6.19. The fourth-order valence-electron chi connectivity index (χ4n) is 2.64. The minimum atomic E-state index is -4.39. The Bertz CT molecular complexity index is 1130. The topological polar surface area (TPSA) is 43.6 Å². The Kier molecular flexibility index (Phi) is 5.03. The summed E-state index contributed by atoms with van der Waals surface area (Å²) in [6.07, 6.45) is -0.897. The molecule has 4 aromatic rings. The van der Waals surface area contributed by atoms with Crippen LogP contribution < -0.4 is 0 Å². The first-order valence-corrected chi connectivity index (χ1v) is 10.2. The second-order valence-corrected chi connectivity index (χ2v) is 7.61. The first kappa shape index (κ1) is 18.8. The lowest BCUT2D eigenvalue weighted by Gasteiger charge is -2.09. The molecule has 9 heteroatoms. The van der Waals surface area contributed by atoms with E-state index in [4.69, 9.17) is 0 Å². The quantitative estimate of drug-likeness (QED) is 0.241. The van der Waals surface area contributed by atoms with Crippen LogP contribution in [0.2, 0.25) is 0 Å². The number of nitrogens with zero attached hydrogens (tertiary/aromatic N) is 4. The van der Waals surface area contributed by atoms with Crippen LogP contribution in [0.25, 0.3) is 16.7 Å². The van der Waals surface area contributed by atoms with Crippen molar-refractivity contribution in [3.05, 3.63) is 66.4 Å². The average molecular weight is 418 g/mol. The molecule has 4 nitrogen and oxygen atoms in total. The second kappa shape index (κ2) is 7.48. The zero-order chi connectivity index (χ0) is 19.7. The Balaban J connectivity index is 1.81. The highest BCUT2D eigenvalue weighted by Crippen LogP contribution is 2.36. The molecule has 142 valence electrons. The smallest absolute Gasteiger partial charge is 0.215 e. The largest absolute Gasteiger partial charge is 0.416 e. The Morgan fingerprint density at radius 1 is 0.964 bits per heavy atom. The van der Waals surface area contributed by atoms with Gasteiger partial charge in [0, 0.05) is 4.90 Å². The highest BCUT2D eigenvalue weighted by atomic mass is 32.2. The molecule has 0 unspecified atom stereocenters. The molecule has 0 aliphatic rings. The van der Waals surface area contributed by atoms with Gasteiger partial charge < -0.3 is 0 Å². The number of rotatable bonds is 4. The predicted octanol–water partition coefficient (Wildman–Crippen LogP) is 5.71. The van der Waals surface area contributed by atoms with Gasteiger partial charge in [0.1, 0.15) is 5.03 Å². The monoisotopic (exact) mass is 418 g/mol. The van der Waals surface area contributed by atoms with Gasteiger partial charge in [-0.05, 0) is 36.6 Å². The Morgan fingerprint density at radius 2 is 1.75 bits per heavy atom. The van der Waals surface area contributed by atoms with Crippen LogP contribution in [0.4, 0.5) is 13.2 Å². The summed E-state index contributed by atoms with van der Waals surface area (Å²) in [5.74, 6) is 0. The average Bonchev–Trinajstić information content (AvgIpc) is 3.12. The highest BCUT2D eigenvalue weighted by Gasteiger charge is 2.30. The maximum Gasteiger partial charge on any atom is 0.416 e. The lowest BCUT2D eigenvalue weighted by atomic mass is 10.2. The maximum atomic E-state index is 13.0. The van der Waals surface area contributed by atoms with E-state index < -0.39 is 11.7 Å². The van der Waals surface area contributed by atoms with Gasteiger partial charge in [0.15, 0.2) is 10.8 Å². The van der Waals surface area contributed by atoms with Crippen LogP contribution in [0.3, 0.4) is 0 Å². The Hall–Kier alpha value is -2.52. The van der Waals surface area contributed by atoms with E-state index >= 15 is 0 Å². The molecular formula is C19H13F3N4S2. The van der Waals surface area contributed by atoms with E-state index in [1.165, 1.54) is 29.6 Å². The summed E-state index contributed by atoms with van der Waals surface area (Å²) in [4.78, 5) is 9.49. The number of hydrogen-bond acceptors (Lipinski definition) is 5. The van der Waals surface area contributed by atoms with E-state index in [1.807, 2.05) is 36.6 Å². The van der Waals surface area contributed by atoms with Crippen LogP contribution in [0.1, 0.15) is 5.56 Å². The minimum Gasteiger partial charge on any atom is -0.215 e. The number of halogens is 3. The number of alkyl halides is 3. The number of para-hydroxylation sites is 1. The molecule has 0 spiro atoms. The lowest BCUT2D eigenvalue weighted by Crippen LogP contribution is -2.04. The molecule has 0 saturated heterocycles. The van der Waals surface area contributed by atoms with Crippen LogP contribution in [-0.2, 0) is 6.18 Å². The second-order valence-electron chi connectivity index (χ2n) is 5.77. The molecule has 2 aromatic carbocycles. The molecule has 28 heavy (non-hydrogen) atoms. The highest BCUT2D eigenvalue weighted by molar-refractivity contribution is 7.99. The minimum absolute atomic E-state index is 0.453. The Labute approximate surface area is 167 Å². The van der Waals surface area contributed by atoms with E-state index in [0.717, 1.165) is 17.8 Å². The summed E-state index contributed by atoms with van der Waals surface area (Å²) in [6, 6.07) is 14.7. The molecule has 0 fully saturated rings. The van der Waals surface area contributed by atoms with Crippen LogP contribution in [0.15, 0.2) is 75.9 Å². The van der Waals surface area contributed by atoms with Gasteiger partial charge in [0.2, 0.25) is 0 Å².